The summed E-state index contributed by atoms with van der Waals surface area (Å²) in [6.45, 7) is 0.180. The van der Waals surface area contributed by atoms with Gasteiger partial charge >= 0.3 is 0 Å². The van der Waals surface area contributed by atoms with Gasteiger partial charge in [0.15, 0.2) is 5.84 Å². The van der Waals surface area contributed by atoms with Crippen LogP contribution < -0.4 is 10.0 Å². The predicted octanol–water partition coefficient (Wildman–Crippen LogP) is 2.64. The molecular weight excluding hydrogens is 545 g/mol. The zero-order valence-corrected chi connectivity index (χ0v) is 22.4. The highest BCUT2D eigenvalue weighted by Gasteiger charge is 2.57. The third kappa shape index (κ3) is 3.90. The van der Waals surface area contributed by atoms with E-state index in [4.69, 9.17) is 0 Å². The number of anilines is 1. The van der Waals surface area contributed by atoms with E-state index >= 15 is 0 Å². The van der Waals surface area contributed by atoms with E-state index in [9.17, 15) is 26.7 Å². The second-order valence-electron chi connectivity index (χ2n) is 9.73. The number of carbonyl (C=O) groups is 1. The van der Waals surface area contributed by atoms with Crippen LogP contribution in [0.15, 0.2) is 42.8 Å². The normalized spacial score (nSPS) is 28.6. The number of sulfonamides is 2. The van der Waals surface area contributed by atoms with E-state index in [1.165, 1.54) is 5.38 Å². The summed E-state index contributed by atoms with van der Waals surface area (Å²) < 4.78 is 55.6. The van der Waals surface area contributed by atoms with Crippen molar-refractivity contribution >= 4 is 59.5 Å². The highest BCUT2D eigenvalue weighted by atomic mass is 32.2. The molecule has 0 unspecified atom stereocenters. The van der Waals surface area contributed by atoms with E-state index in [1.54, 1.807) is 16.2 Å². The van der Waals surface area contributed by atoms with Gasteiger partial charge in [0.2, 0.25) is 10.0 Å². The lowest BCUT2D eigenvalue weighted by Gasteiger charge is -2.44. The number of aliphatic hydroxyl groups is 1. The van der Waals surface area contributed by atoms with Gasteiger partial charge in [-0.3, -0.25) is 4.79 Å². The molecule has 2 aliphatic heterocycles. The molecule has 2 aromatic heterocycles. The molecule has 2 saturated carbocycles. The van der Waals surface area contributed by atoms with E-state index in [2.05, 4.69) is 14.4 Å². The van der Waals surface area contributed by atoms with E-state index in [0.717, 1.165) is 42.4 Å². The molecule has 0 aromatic carbocycles. The molecule has 0 radical (unpaired) electrons. The summed E-state index contributed by atoms with van der Waals surface area (Å²) in [6.07, 6.45) is 3.90. The molecule has 0 spiro atoms. The molecule has 2 aliphatic carbocycles. The quantitative estimate of drug-likeness (QED) is 0.486. The molecule has 4 atom stereocenters. The van der Waals surface area contributed by atoms with Gasteiger partial charge in [-0.1, -0.05) is 0 Å². The maximum absolute atomic E-state index is 13.8. The molecule has 4 heterocycles. The Bertz CT molecular complexity index is 1520. The zero-order valence-electron chi connectivity index (χ0n) is 19.2. The Hall–Kier alpha value is -2.26. The van der Waals surface area contributed by atoms with Crippen LogP contribution in [0.3, 0.4) is 0 Å². The lowest BCUT2D eigenvalue weighted by atomic mass is 9.77. The van der Waals surface area contributed by atoms with Crippen molar-refractivity contribution in [3.63, 3.8) is 0 Å². The number of amidine groups is 1. The van der Waals surface area contributed by atoms with E-state index < -0.39 is 26.0 Å². The molecule has 2 bridgehead atoms. The number of hydrogen-bond donors (Lipinski definition) is 3. The molecule has 6 rings (SSSR count). The summed E-state index contributed by atoms with van der Waals surface area (Å²) in [5, 5.41) is 20.0. The highest BCUT2D eigenvalue weighted by Crippen LogP contribution is 2.55. The number of rotatable bonds is 6. The van der Waals surface area contributed by atoms with Crippen LogP contribution in [0.25, 0.3) is 0 Å². The lowest BCUT2D eigenvalue weighted by molar-refractivity contribution is -0.134. The molecule has 4 aliphatic rings. The maximum atomic E-state index is 13.8. The van der Waals surface area contributed by atoms with Gasteiger partial charge in [0, 0.05) is 30.6 Å². The topological polar surface area (TPSA) is 145 Å². The van der Waals surface area contributed by atoms with E-state index in [-0.39, 0.29) is 57.1 Å². The monoisotopic (exact) mass is 568 g/mol. The number of carbonyl (C=O) groups excluding carboxylic acids is 1. The van der Waals surface area contributed by atoms with Crippen LogP contribution in [-0.2, 0) is 37.9 Å². The highest BCUT2D eigenvalue weighted by molar-refractivity contribution is 7.91. The third-order valence-electron chi connectivity index (χ3n) is 7.49. The van der Waals surface area contributed by atoms with Crippen molar-refractivity contribution < 1.29 is 26.7 Å². The fourth-order valence-electron chi connectivity index (χ4n) is 6.12. The van der Waals surface area contributed by atoms with Crippen LogP contribution >= 0.6 is 22.7 Å². The average molecular weight is 569 g/mol. The van der Waals surface area contributed by atoms with Gasteiger partial charge in [-0.15, -0.1) is 15.7 Å². The average Bonchev–Trinajstić information content (AvgIpc) is 3.58. The predicted molar refractivity (Wildman–Crippen MR) is 137 cm³/mol. The molecule has 0 saturated heterocycles. The van der Waals surface area contributed by atoms with Crippen LogP contribution in [0.5, 0.6) is 0 Å². The van der Waals surface area contributed by atoms with Gasteiger partial charge in [-0.25, -0.2) is 13.1 Å². The molecular formula is C22H24N4O6S4. The Labute approximate surface area is 216 Å². The zero-order chi connectivity index (χ0) is 25.4. The van der Waals surface area contributed by atoms with Gasteiger partial charge in [-0.2, -0.15) is 19.8 Å². The van der Waals surface area contributed by atoms with Crippen molar-refractivity contribution in [1.29, 1.82) is 0 Å². The second kappa shape index (κ2) is 8.38. The van der Waals surface area contributed by atoms with Gasteiger partial charge < -0.3 is 15.3 Å². The summed E-state index contributed by atoms with van der Waals surface area (Å²) in [5.41, 5.74) is 1.15. The Morgan fingerprint density at radius 1 is 1.28 bits per heavy atom. The van der Waals surface area contributed by atoms with Crippen LogP contribution in [0.4, 0.5) is 5.00 Å². The van der Waals surface area contributed by atoms with Gasteiger partial charge in [-0.05, 0) is 58.9 Å². The van der Waals surface area contributed by atoms with Crippen molar-refractivity contribution in [3.8, 4) is 0 Å². The van der Waals surface area contributed by atoms with Crippen molar-refractivity contribution in [1.82, 2.24) is 9.62 Å². The first-order chi connectivity index (χ1) is 17.0. The number of thiophene rings is 2. The van der Waals surface area contributed by atoms with Gasteiger partial charge in [0.05, 0.1) is 6.26 Å². The summed E-state index contributed by atoms with van der Waals surface area (Å²) in [6, 6.07) is 1.84. The van der Waals surface area contributed by atoms with Gasteiger partial charge in [0.25, 0.3) is 15.9 Å². The molecule has 14 heteroatoms. The molecule has 3 N–H and O–H groups in total. The largest absolute Gasteiger partial charge is 0.511 e. The second-order valence-corrected chi connectivity index (χ2v) is 14.8. The minimum absolute atomic E-state index is 0.0841. The Kier molecular flexibility index (Phi) is 5.61. The Morgan fingerprint density at radius 2 is 2.06 bits per heavy atom. The van der Waals surface area contributed by atoms with E-state index in [1.807, 2.05) is 16.8 Å². The molecule has 36 heavy (non-hydrogen) atoms. The third-order valence-corrected chi connectivity index (χ3v) is 11.4. The molecule has 2 aromatic rings. The molecule has 10 nitrogen and oxygen atoms in total. The van der Waals surface area contributed by atoms with Crippen molar-refractivity contribution in [2.45, 2.75) is 43.3 Å². The molecule has 1 amide bonds. The minimum Gasteiger partial charge on any atom is -0.511 e. The summed E-state index contributed by atoms with van der Waals surface area (Å²) in [4.78, 5) is 15.5. The van der Waals surface area contributed by atoms with Crippen LogP contribution in [0.1, 0.15) is 30.4 Å². The van der Waals surface area contributed by atoms with Crippen LogP contribution in [0.2, 0.25) is 0 Å². The number of hydrogen-bond acceptors (Lipinski definition) is 9. The summed E-state index contributed by atoms with van der Waals surface area (Å²) in [5.74, 6) is -0.412. The van der Waals surface area contributed by atoms with Crippen molar-refractivity contribution in [3.05, 3.63) is 44.7 Å². The molecule has 2 fully saturated rings. The summed E-state index contributed by atoms with van der Waals surface area (Å²) >= 11 is 2.62. The standard InChI is InChI=1S/C22H24N4O6S4/c1-35(29,30)23-7-14-10-34-21-19(14)36(31,32)25-20(24-21)16-18(27)15-12-2-3-13(6-12)17(15)26(22(16)28)8-11-4-5-33-9-11/h4-5,9-10,12-13,15,17,23,27H,2-3,6-8H2,1H3,(H,24,25)/t12-,13+,15+,17-/m0/s1. The first-order valence-electron chi connectivity index (χ1n) is 11.5. The first kappa shape index (κ1) is 24.1. The fourth-order valence-corrected chi connectivity index (χ4v) is 9.80. The van der Waals surface area contributed by atoms with Crippen molar-refractivity contribution in [2.24, 2.45) is 22.2 Å². The Morgan fingerprint density at radius 3 is 2.78 bits per heavy atom. The SMILES string of the molecule is CS(=O)(=O)NCc1csc2c1S(=O)(=O)N=C(C1=C(O)[C@@H]3[C@H]4CC[C@H](C4)[C@@H]3N(Cc3ccsc3)C1=O)N2. The van der Waals surface area contributed by atoms with Gasteiger partial charge in [0.1, 0.15) is 21.2 Å². The van der Waals surface area contributed by atoms with Crippen LogP contribution in [0, 0.1) is 17.8 Å². The summed E-state index contributed by atoms with van der Waals surface area (Å²) in [7, 11) is -7.79. The molecule has 192 valence electrons. The minimum atomic E-state index is -4.26. The number of nitrogens with one attached hydrogen (secondary N) is 2. The number of amides is 1. The number of fused-ring (bicyclic) bond motifs is 6. The smallest absolute Gasteiger partial charge is 0.287 e. The number of aliphatic hydroxyl groups excluding tert-OH is 1. The maximum Gasteiger partial charge on any atom is 0.287 e. The van der Waals surface area contributed by atoms with E-state index in [0.29, 0.717) is 12.5 Å². The number of nitrogens with zero attached hydrogens (tertiary/aromatic N) is 2. The van der Waals surface area contributed by atoms with Crippen LogP contribution in [-0.4, -0.2) is 50.9 Å². The Balaban J connectivity index is 1.40. The first-order valence-corrected chi connectivity index (χ1v) is 16.6. The fraction of sp³-hybridized carbons (Fsp3) is 0.455. The van der Waals surface area contributed by atoms with Crippen molar-refractivity contribution in [2.75, 3.05) is 11.6 Å². The lowest BCUT2D eigenvalue weighted by Crippen LogP contribution is -2.53.